The molecular formula is C16H19NS. The van der Waals surface area contributed by atoms with E-state index in [4.69, 9.17) is 0 Å². The second-order valence-electron chi connectivity index (χ2n) is 5.16. The van der Waals surface area contributed by atoms with Crippen LogP contribution in [0.5, 0.6) is 0 Å². The Morgan fingerprint density at radius 1 is 1.33 bits per heavy atom. The lowest BCUT2D eigenvalue weighted by Gasteiger charge is -2.33. The molecule has 0 spiro atoms. The molecule has 2 unspecified atom stereocenters. The topological polar surface area (TPSA) is 12.0 Å². The molecule has 1 aromatic carbocycles. The van der Waals surface area contributed by atoms with Crippen molar-refractivity contribution in [2.24, 2.45) is 0 Å². The van der Waals surface area contributed by atoms with Crippen molar-refractivity contribution in [1.82, 2.24) is 5.32 Å². The molecule has 0 aliphatic heterocycles. The summed E-state index contributed by atoms with van der Waals surface area (Å²) in [5.74, 6) is 0.761. The highest BCUT2D eigenvalue weighted by molar-refractivity contribution is 7.07. The first-order valence-corrected chi connectivity index (χ1v) is 7.57. The van der Waals surface area contributed by atoms with Gasteiger partial charge in [0.05, 0.1) is 0 Å². The SMILES string of the molecule is CNC(Cc1ccsc1)CC1Cc2ccccc21. The fraction of sp³-hybridized carbons (Fsp3) is 0.375. The maximum absolute atomic E-state index is 3.47. The first kappa shape index (κ1) is 11.9. The number of rotatable bonds is 5. The van der Waals surface area contributed by atoms with Gasteiger partial charge in [0.2, 0.25) is 0 Å². The smallest absolute Gasteiger partial charge is 0.0111 e. The van der Waals surface area contributed by atoms with Crippen LogP contribution in [-0.4, -0.2) is 13.1 Å². The van der Waals surface area contributed by atoms with E-state index < -0.39 is 0 Å². The van der Waals surface area contributed by atoms with Gasteiger partial charge in [-0.05, 0) is 65.7 Å². The number of thiophene rings is 1. The van der Waals surface area contributed by atoms with Gasteiger partial charge in [-0.3, -0.25) is 0 Å². The first-order chi connectivity index (χ1) is 8.86. The molecule has 3 rings (SSSR count). The van der Waals surface area contributed by atoms with Gasteiger partial charge < -0.3 is 5.32 Å². The first-order valence-electron chi connectivity index (χ1n) is 6.63. The van der Waals surface area contributed by atoms with E-state index in [0.29, 0.717) is 6.04 Å². The molecule has 1 heterocycles. The molecule has 0 fully saturated rings. The Morgan fingerprint density at radius 2 is 2.22 bits per heavy atom. The molecule has 1 aromatic heterocycles. The van der Waals surface area contributed by atoms with Gasteiger partial charge in [0.25, 0.3) is 0 Å². The summed E-state index contributed by atoms with van der Waals surface area (Å²) in [5.41, 5.74) is 4.59. The van der Waals surface area contributed by atoms with Crippen molar-refractivity contribution in [3.8, 4) is 0 Å². The minimum Gasteiger partial charge on any atom is -0.317 e. The third-order valence-electron chi connectivity index (χ3n) is 4.00. The summed E-state index contributed by atoms with van der Waals surface area (Å²) < 4.78 is 0. The Morgan fingerprint density at radius 3 is 2.94 bits per heavy atom. The molecule has 1 nitrogen and oxygen atoms in total. The lowest BCUT2D eigenvalue weighted by atomic mass is 9.74. The highest BCUT2D eigenvalue weighted by Gasteiger charge is 2.27. The third kappa shape index (κ3) is 2.36. The molecule has 1 aliphatic rings. The molecule has 0 bridgehead atoms. The Balaban J connectivity index is 1.62. The van der Waals surface area contributed by atoms with E-state index >= 15 is 0 Å². The number of benzene rings is 1. The lowest BCUT2D eigenvalue weighted by Crippen LogP contribution is -2.32. The van der Waals surface area contributed by atoms with Crippen molar-refractivity contribution in [3.63, 3.8) is 0 Å². The van der Waals surface area contributed by atoms with Crippen LogP contribution >= 0.6 is 11.3 Å². The highest BCUT2D eigenvalue weighted by Crippen LogP contribution is 2.38. The number of nitrogens with one attached hydrogen (secondary N) is 1. The standard InChI is InChI=1S/C16H19NS/c1-17-15(8-12-6-7-18-11-12)10-14-9-13-4-2-3-5-16(13)14/h2-7,11,14-15,17H,8-10H2,1H3. The Kier molecular flexibility index (Phi) is 3.48. The zero-order valence-electron chi connectivity index (χ0n) is 10.7. The summed E-state index contributed by atoms with van der Waals surface area (Å²) >= 11 is 1.79. The summed E-state index contributed by atoms with van der Waals surface area (Å²) in [6, 6.07) is 11.7. The van der Waals surface area contributed by atoms with Crippen molar-refractivity contribution >= 4 is 11.3 Å². The molecule has 0 saturated heterocycles. The minimum atomic E-state index is 0.595. The number of hydrogen-bond acceptors (Lipinski definition) is 2. The fourth-order valence-electron chi connectivity index (χ4n) is 2.91. The van der Waals surface area contributed by atoms with Gasteiger partial charge in [-0.1, -0.05) is 24.3 Å². The summed E-state index contributed by atoms with van der Waals surface area (Å²) in [4.78, 5) is 0. The summed E-state index contributed by atoms with van der Waals surface area (Å²) in [7, 11) is 2.08. The molecule has 2 atom stereocenters. The average Bonchev–Trinajstić information content (AvgIpc) is 2.87. The van der Waals surface area contributed by atoms with E-state index in [1.807, 2.05) is 0 Å². The molecule has 2 heteroatoms. The van der Waals surface area contributed by atoms with E-state index in [0.717, 1.165) is 12.3 Å². The predicted octanol–water partition coefficient (Wildman–Crippen LogP) is 3.61. The van der Waals surface area contributed by atoms with Crippen LogP contribution in [0.1, 0.15) is 29.0 Å². The molecule has 0 amide bonds. The molecule has 1 aliphatic carbocycles. The van der Waals surface area contributed by atoms with Crippen LogP contribution in [0.15, 0.2) is 41.1 Å². The summed E-state index contributed by atoms with van der Waals surface area (Å²) in [6.45, 7) is 0. The monoisotopic (exact) mass is 257 g/mol. The van der Waals surface area contributed by atoms with Gasteiger partial charge in [-0.25, -0.2) is 0 Å². The zero-order valence-corrected chi connectivity index (χ0v) is 11.5. The van der Waals surface area contributed by atoms with Crippen molar-refractivity contribution in [2.75, 3.05) is 7.05 Å². The lowest BCUT2D eigenvalue weighted by molar-refractivity contribution is 0.438. The van der Waals surface area contributed by atoms with Crippen LogP contribution in [-0.2, 0) is 12.8 Å². The van der Waals surface area contributed by atoms with Crippen LogP contribution in [0.2, 0.25) is 0 Å². The third-order valence-corrected chi connectivity index (χ3v) is 4.73. The van der Waals surface area contributed by atoms with Crippen molar-refractivity contribution in [1.29, 1.82) is 0 Å². The largest absolute Gasteiger partial charge is 0.317 e. The summed E-state index contributed by atoms with van der Waals surface area (Å²) in [6.07, 6.45) is 3.67. The van der Waals surface area contributed by atoms with Crippen LogP contribution in [0.25, 0.3) is 0 Å². The Labute approximate surface area is 113 Å². The van der Waals surface area contributed by atoms with Gasteiger partial charge in [-0.2, -0.15) is 11.3 Å². The fourth-order valence-corrected chi connectivity index (χ4v) is 3.59. The van der Waals surface area contributed by atoms with E-state index in [1.165, 1.54) is 18.4 Å². The normalized spacial score (nSPS) is 19.1. The zero-order chi connectivity index (χ0) is 12.4. The van der Waals surface area contributed by atoms with Crippen LogP contribution in [0, 0.1) is 0 Å². The number of fused-ring (bicyclic) bond motifs is 1. The van der Waals surface area contributed by atoms with Crippen molar-refractivity contribution in [3.05, 3.63) is 57.8 Å². The molecule has 94 valence electrons. The second kappa shape index (κ2) is 5.25. The van der Waals surface area contributed by atoms with E-state index in [-0.39, 0.29) is 0 Å². The Hall–Kier alpha value is -1.12. The van der Waals surface area contributed by atoms with Crippen molar-refractivity contribution < 1.29 is 0 Å². The maximum atomic E-state index is 3.47. The maximum Gasteiger partial charge on any atom is 0.0111 e. The van der Waals surface area contributed by atoms with E-state index in [1.54, 1.807) is 22.5 Å². The van der Waals surface area contributed by atoms with Crippen LogP contribution in [0.3, 0.4) is 0 Å². The molecule has 0 radical (unpaired) electrons. The molecule has 0 saturated carbocycles. The second-order valence-corrected chi connectivity index (χ2v) is 5.94. The van der Waals surface area contributed by atoms with Gasteiger partial charge in [0.1, 0.15) is 0 Å². The summed E-state index contributed by atoms with van der Waals surface area (Å²) in [5, 5.41) is 7.91. The van der Waals surface area contributed by atoms with E-state index in [9.17, 15) is 0 Å². The highest BCUT2D eigenvalue weighted by atomic mass is 32.1. The number of likely N-dealkylation sites (N-methyl/N-ethyl adjacent to an activating group) is 1. The van der Waals surface area contributed by atoms with Gasteiger partial charge in [0, 0.05) is 6.04 Å². The molecule has 18 heavy (non-hydrogen) atoms. The van der Waals surface area contributed by atoms with Gasteiger partial charge in [0.15, 0.2) is 0 Å². The molecule has 1 N–H and O–H groups in total. The average molecular weight is 257 g/mol. The van der Waals surface area contributed by atoms with Crippen molar-refractivity contribution in [2.45, 2.75) is 31.2 Å². The van der Waals surface area contributed by atoms with Gasteiger partial charge in [-0.15, -0.1) is 0 Å². The Bertz CT molecular complexity index is 504. The van der Waals surface area contributed by atoms with Crippen LogP contribution < -0.4 is 5.32 Å². The molecule has 2 aromatic rings. The molecular weight excluding hydrogens is 238 g/mol. The van der Waals surface area contributed by atoms with E-state index in [2.05, 4.69) is 53.5 Å². The van der Waals surface area contributed by atoms with Crippen LogP contribution in [0.4, 0.5) is 0 Å². The number of hydrogen-bond donors (Lipinski definition) is 1. The predicted molar refractivity (Wildman–Crippen MR) is 78.4 cm³/mol. The minimum absolute atomic E-state index is 0.595. The van der Waals surface area contributed by atoms with Gasteiger partial charge >= 0.3 is 0 Å². The quantitative estimate of drug-likeness (QED) is 0.863.